The number of rotatable bonds is 5. The number of aromatic nitrogens is 1. The Bertz CT molecular complexity index is 1730. The summed E-state index contributed by atoms with van der Waals surface area (Å²) in [6, 6.07) is 15.5. The van der Waals surface area contributed by atoms with Crippen molar-refractivity contribution in [3.63, 3.8) is 0 Å². The lowest BCUT2D eigenvalue weighted by Crippen LogP contribution is -2.13. The molecule has 0 saturated heterocycles. The highest BCUT2D eigenvalue weighted by atomic mass is 32.2. The van der Waals surface area contributed by atoms with E-state index in [1.807, 2.05) is 0 Å². The van der Waals surface area contributed by atoms with Crippen LogP contribution in [0.5, 0.6) is 11.5 Å². The molecule has 11 heteroatoms. The van der Waals surface area contributed by atoms with Crippen molar-refractivity contribution in [3.05, 3.63) is 89.2 Å². The number of alkyl halides is 3. The Morgan fingerprint density at radius 1 is 0.972 bits per heavy atom. The molecular weight excluding hydrogens is 516 g/mol. The Kier molecular flexibility index (Phi) is 5.84. The van der Waals surface area contributed by atoms with Crippen molar-refractivity contribution >= 4 is 48.0 Å². The molecule has 0 atom stereocenters. The van der Waals surface area contributed by atoms with Gasteiger partial charge in [0.15, 0.2) is 5.82 Å². The molecule has 184 valence electrons. The van der Waals surface area contributed by atoms with Gasteiger partial charge in [-0.3, -0.25) is 9.71 Å². The van der Waals surface area contributed by atoms with E-state index < -0.39 is 27.6 Å². The molecule has 36 heavy (non-hydrogen) atoms. The van der Waals surface area contributed by atoms with Crippen LogP contribution < -0.4 is 9.46 Å². The molecule has 2 aromatic heterocycles. The van der Waals surface area contributed by atoms with Gasteiger partial charge in [0, 0.05) is 38.7 Å². The Morgan fingerprint density at radius 2 is 1.72 bits per heavy atom. The second kappa shape index (κ2) is 8.75. The zero-order valence-electron chi connectivity index (χ0n) is 18.4. The summed E-state index contributed by atoms with van der Waals surface area (Å²) in [6.45, 7) is 1.52. The number of hydrogen-bond acceptors (Lipinski definition) is 5. The van der Waals surface area contributed by atoms with Crippen molar-refractivity contribution in [1.29, 1.82) is 0 Å². The quantitative estimate of drug-likeness (QED) is 0.238. The fraction of sp³-hybridized carbons (Fsp3) is 0.0800. The van der Waals surface area contributed by atoms with Crippen molar-refractivity contribution in [2.24, 2.45) is 0 Å². The highest BCUT2D eigenvalue weighted by molar-refractivity contribution is 7.93. The zero-order valence-corrected chi connectivity index (χ0v) is 20.1. The zero-order chi connectivity index (χ0) is 25.7. The third kappa shape index (κ3) is 4.47. The first-order chi connectivity index (χ1) is 17.0. The molecule has 0 aliphatic carbocycles. The van der Waals surface area contributed by atoms with Crippen LogP contribution in [0, 0.1) is 12.7 Å². The topological polar surface area (TPSA) is 68.3 Å². The molecule has 0 amide bonds. The van der Waals surface area contributed by atoms with Gasteiger partial charge in [0.25, 0.3) is 10.0 Å². The molecule has 0 aliphatic rings. The first-order valence-corrected chi connectivity index (χ1v) is 12.8. The van der Waals surface area contributed by atoms with Gasteiger partial charge >= 0.3 is 6.18 Å². The standard InChI is InChI=1S/C25H16F4N2O3S2/c1-14-11-21(16-6-4-7-18(24(16)30-14)25(27,28)29)34-15-9-10-20(19(26)12-15)31-36(32,33)23-13-35-22-8-3-2-5-17(22)23/h2-13,31H,1H3. The minimum atomic E-state index is -4.61. The van der Waals surface area contributed by atoms with Gasteiger partial charge in [-0.15, -0.1) is 11.3 Å². The number of sulfonamides is 1. The number of ether oxygens (including phenoxy) is 1. The number of para-hydroxylation sites is 1. The van der Waals surface area contributed by atoms with Crippen LogP contribution in [0.2, 0.25) is 0 Å². The van der Waals surface area contributed by atoms with Crippen LogP contribution >= 0.6 is 11.3 Å². The second-order valence-electron chi connectivity index (χ2n) is 7.91. The second-order valence-corrected chi connectivity index (χ2v) is 10.5. The maximum atomic E-state index is 14.9. The van der Waals surface area contributed by atoms with Crippen molar-refractivity contribution in [3.8, 4) is 11.5 Å². The summed E-state index contributed by atoms with van der Waals surface area (Å²) in [4.78, 5) is 4.04. The lowest BCUT2D eigenvalue weighted by molar-refractivity contribution is -0.136. The van der Waals surface area contributed by atoms with E-state index in [4.69, 9.17) is 4.74 Å². The van der Waals surface area contributed by atoms with E-state index in [9.17, 15) is 26.0 Å². The number of benzene rings is 3. The molecule has 0 fully saturated rings. The van der Waals surface area contributed by atoms with Crippen LogP contribution in [0.15, 0.2) is 77.0 Å². The summed E-state index contributed by atoms with van der Waals surface area (Å²) in [7, 11) is -4.08. The van der Waals surface area contributed by atoms with Crippen molar-refractivity contribution in [2.45, 2.75) is 18.0 Å². The fourth-order valence-corrected chi connectivity index (χ4v) is 6.35. The molecule has 5 aromatic rings. The van der Waals surface area contributed by atoms with Crippen LogP contribution in [0.1, 0.15) is 11.3 Å². The molecule has 0 saturated carbocycles. The SMILES string of the molecule is Cc1cc(Oc2ccc(NS(=O)(=O)c3csc4ccccc34)c(F)c2)c2cccc(C(F)(F)F)c2n1. The van der Waals surface area contributed by atoms with Gasteiger partial charge in [-0.05, 0) is 37.3 Å². The van der Waals surface area contributed by atoms with Crippen molar-refractivity contribution in [1.82, 2.24) is 4.98 Å². The number of pyridine rings is 1. The Hall–Kier alpha value is -3.70. The Balaban J connectivity index is 1.46. The maximum absolute atomic E-state index is 14.9. The number of halogens is 4. The van der Waals surface area contributed by atoms with Gasteiger partial charge in [-0.25, -0.2) is 12.8 Å². The smallest absolute Gasteiger partial charge is 0.418 e. The molecule has 0 bridgehead atoms. The number of nitrogens with zero attached hydrogens (tertiary/aromatic N) is 1. The highest BCUT2D eigenvalue weighted by Crippen LogP contribution is 2.39. The number of hydrogen-bond donors (Lipinski definition) is 1. The van der Waals surface area contributed by atoms with Gasteiger partial charge in [-0.2, -0.15) is 13.2 Å². The van der Waals surface area contributed by atoms with E-state index in [2.05, 4.69) is 9.71 Å². The van der Waals surface area contributed by atoms with Crippen LogP contribution in [-0.4, -0.2) is 13.4 Å². The van der Waals surface area contributed by atoms with E-state index in [-0.39, 0.29) is 38.7 Å². The molecule has 3 aromatic carbocycles. The predicted molar refractivity (Wildman–Crippen MR) is 131 cm³/mol. The van der Waals surface area contributed by atoms with Gasteiger partial charge in [-0.1, -0.05) is 24.3 Å². The Labute approximate surface area is 207 Å². The highest BCUT2D eigenvalue weighted by Gasteiger charge is 2.33. The molecule has 5 rings (SSSR count). The molecule has 0 spiro atoms. The summed E-state index contributed by atoms with van der Waals surface area (Å²) in [5.41, 5.74) is -1.21. The monoisotopic (exact) mass is 532 g/mol. The molecule has 2 heterocycles. The number of thiophene rings is 1. The third-order valence-electron chi connectivity index (χ3n) is 5.38. The average molecular weight is 533 g/mol. The Morgan fingerprint density at radius 3 is 2.47 bits per heavy atom. The van der Waals surface area contributed by atoms with Gasteiger partial charge in [0.2, 0.25) is 0 Å². The van der Waals surface area contributed by atoms with Gasteiger partial charge < -0.3 is 4.74 Å². The van der Waals surface area contributed by atoms with E-state index in [0.29, 0.717) is 5.39 Å². The average Bonchev–Trinajstić information content (AvgIpc) is 3.25. The molecule has 1 N–H and O–H groups in total. The summed E-state index contributed by atoms with van der Waals surface area (Å²) < 4.78 is 89.8. The molecule has 0 radical (unpaired) electrons. The van der Waals surface area contributed by atoms with Gasteiger partial charge in [0.05, 0.1) is 16.8 Å². The molecule has 5 nitrogen and oxygen atoms in total. The fourth-order valence-electron chi connectivity index (χ4n) is 3.78. The van der Waals surface area contributed by atoms with Crippen molar-refractivity contribution < 1.29 is 30.7 Å². The molecule has 0 aliphatic heterocycles. The maximum Gasteiger partial charge on any atom is 0.418 e. The molecule has 0 unspecified atom stereocenters. The van der Waals surface area contributed by atoms with E-state index in [1.165, 1.54) is 54.0 Å². The predicted octanol–water partition coefficient (Wildman–Crippen LogP) is 7.51. The van der Waals surface area contributed by atoms with E-state index in [0.717, 1.165) is 16.8 Å². The van der Waals surface area contributed by atoms with E-state index in [1.54, 1.807) is 24.3 Å². The van der Waals surface area contributed by atoms with Crippen LogP contribution in [-0.2, 0) is 16.2 Å². The first-order valence-electron chi connectivity index (χ1n) is 10.5. The number of nitrogens with one attached hydrogen (secondary N) is 1. The normalized spacial score (nSPS) is 12.2. The lowest BCUT2D eigenvalue weighted by atomic mass is 10.1. The number of aryl methyl sites for hydroxylation is 1. The molecular formula is C25H16F4N2O3S2. The van der Waals surface area contributed by atoms with Crippen LogP contribution in [0.3, 0.4) is 0 Å². The lowest BCUT2D eigenvalue weighted by Gasteiger charge is -2.14. The van der Waals surface area contributed by atoms with Crippen molar-refractivity contribution in [2.75, 3.05) is 4.72 Å². The summed E-state index contributed by atoms with van der Waals surface area (Å²) in [5, 5.41) is 2.10. The van der Waals surface area contributed by atoms with Gasteiger partial charge in [0.1, 0.15) is 16.4 Å². The third-order valence-corrected chi connectivity index (χ3v) is 7.90. The van der Waals surface area contributed by atoms with Crippen LogP contribution in [0.25, 0.3) is 21.0 Å². The minimum absolute atomic E-state index is 0.0271. The number of anilines is 1. The van der Waals surface area contributed by atoms with Crippen LogP contribution in [0.4, 0.5) is 23.2 Å². The number of fused-ring (bicyclic) bond motifs is 2. The largest absolute Gasteiger partial charge is 0.456 e. The van der Waals surface area contributed by atoms with E-state index >= 15 is 0 Å². The first kappa shape index (κ1) is 24.0. The summed E-state index contributed by atoms with van der Waals surface area (Å²) >= 11 is 1.26. The minimum Gasteiger partial charge on any atom is -0.456 e. The summed E-state index contributed by atoms with van der Waals surface area (Å²) in [6.07, 6.45) is -4.61. The summed E-state index contributed by atoms with van der Waals surface area (Å²) in [5.74, 6) is -0.886.